The second kappa shape index (κ2) is 7.18. The number of hydrogen-bond acceptors (Lipinski definition) is 5. The van der Waals surface area contributed by atoms with Gasteiger partial charge in [-0.05, 0) is 29.8 Å². The van der Waals surface area contributed by atoms with Gasteiger partial charge in [-0.1, -0.05) is 45.9 Å². The van der Waals surface area contributed by atoms with Gasteiger partial charge >= 0.3 is 0 Å². The van der Waals surface area contributed by atoms with E-state index in [0.717, 1.165) is 0 Å². The lowest BCUT2D eigenvalue weighted by Gasteiger charge is -2.26. The third-order valence-corrected chi connectivity index (χ3v) is 7.80. The average Bonchev–Trinajstić information content (AvgIpc) is 3.06. The molecule has 0 amide bonds. The van der Waals surface area contributed by atoms with Crippen molar-refractivity contribution in [1.82, 2.24) is 0 Å². The number of amidine groups is 1. The molecule has 0 N–H and O–H groups in total. The Balaban J connectivity index is 1.64. The van der Waals surface area contributed by atoms with E-state index >= 15 is 0 Å². The number of benzene rings is 2. The lowest BCUT2D eigenvalue weighted by molar-refractivity contribution is 0.600. The van der Waals surface area contributed by atoms with E-state index in [-0.39, 0.29) is 17.3 Å². The Bertz CT molecular complexity index is 1030. The number of anilines is 1. The summed E-state index contributed by atoms with van der Waals surface area (Å²) in [5.74, 6) is -0.568. The van der Waals surface area contributed by atoms with Crippen molar-refractivity contribution in [2.75, 3.05) is 16.4 Å². The normalized spacial score (nSPS) is 23.4. The zero-order valence-corrected chi connectivity index (χ0v) is 17.2. The Morgan fingerprint density at radius 1 is 1.15 bits per heavy atom. The third-order valence-electron chi connectivity index (χ3n) is 4.59. The summed E-state index contributed by atoms with van der Waals surface area (Å²) < 4.78 is 53.2. The van der Waals surface area contributed by atoms with Crippen molar-refractivity contribution in [2.45, 2.75) is 17.8 Å². The lowest BCUT2D eigenvalue weighted by atomic mass is 10.1. The Kier molecular flexibility index (Phi) is 5.02. The van der Waals surface area contributed by atoms with Crippen molar-refractivity contribution in [3.63, 3.8) is 0 Å². The van der Waals surface area contributed by atoms with Gasteiger partial charge in [0.15, 0.2) is 15.0 Å². The third kappa shape index (κ3) is 3.77. The summed E-state index contributed by atoms with van der Waals surface area (Å²) in [7, 11) is -3.21. The van der Waals surface area contributed by atoms with Gasteiger partial charge in [-0.3, -0.25) is 4.99 Å². The van der Waals surface area contributed by atoms with E-state index in [4.69, 9.17) is 0 Å². The molecule has 2 aromatic rings. The first-order chi connectivity index (χ1) is 12.8. The van der Waals surface area contributed by atoms with E-state index in [9.17, 15) is 17.2 Å². The van der Waals surface area contributed by atoms with Gasteiger partial charge in [-0.25, -0.2) is 17.2 Å². The Morgan fingerprint density at radius 2 is 1.93 bits per heavy atom. The van der Waals surface area contributed by atoms with Crippen LogP contribution in [0.4, 0.5) is 14.5 Å². The fourth-order valence-corrected chi connectivity index (χ4v) is 6.62. The predicted molar refractivity (Wildman–Crippen MR) is 108 cm³/mol. The van der Waals surface area contributed by atoms with Gasteiger partial charge in [0.1, 0.15) is 11.6 Å². The highest BCUT2D eigenvalue weighted by molar-refractivity contribution is 9.10. The Morgan fingerprint density at radius 3 is 2.67 bits per heavy atom. The van der Waals surface area contributed by atoms with E-state index < -0.39 is 27.7 Å². The molecular formula is C18H15BrF2N2O2S2. The number of fused-ring (bicyclic) bond motifs is 1. The predicted octanol–water partition coefficient (Wildman–Crippen LogP) is 4.00. The topological polar surface area (TPSA) is 49.7 Å². The van der Waals surface area contributed by atoms with Gasteiger partial charge in [-0.2, -0.15) is 0 Å². The number of aliphatic imine (C=N–C) groups is 1. The van der Waals surface area contributed by atoms with E-state index in [1.54, 1.807) is 35.2 Å². The summed E-state index contributed by atoms with van der Waals surface area (Å²) in [5.41, 5.74) is 0.800. The molecule has 2 aliphatic rings. The minimum absolute atomic E-state index is 0.0423. The molecule has 2 atom stereocenters. The average molecular weight is 473 g/mol. The maximum Gasteiger partial charge on any atom is 0.164 e. The van der Waals surface area contributed by atoms with Crippen LogP contribution in [0.5, 0.6) is 0 Å². The molecule has 2 aromatic carbocycles. The molecule has 1 saturated heterocycles. The van der Waals surface area contributed by atoms with Gasteiger partial charge in [0.25, 0.3) is 0 Å². The molecule has 4 nitrogen and oxygen atoms in total. The molecule has 2 aliphatic heterocycles. The molecule has 0 unspecified atom stereocenters. The van der Waals surface area contributed by atoms with Crippen molar-refractivity contribution in [3.8, 4) is 0 Å². The first-order valence-electron chi connectivity index (χ1n) is 8.23. The molecule has 0 aliphatic carbocycles. The van der Waals surface area contributed by atoms with Crippen LogP contribution in [-0.4, -0.2) is 37.2 Å². The highest BCUT2D eigenvalue weighted by Gasteiger charge is 2.47. The monoisotopic (exact) mass is 472 g/mol. The molecule has 142 valence electrons. The van der Waals surface area contributed by atoms with Crippen LogP contribution in [0.15, 0.2) is 51.9 Å². The van der Waals surface area contributed by atoms with Crippen molar-refractivity contribution in [3.05, 3.63) is 64.1 Å². The Labute approximate surface area is 168 Å². The van der Waals surface area contributed by atoms with Gasteiger partial charge in [0.2, 0.25) is 0 Å². The number of hydrogen-bond donors (Lipinski definition) is 0. The van der Waals surface area contributed by atoms with Crippen LogP contribution < -0.4 is 4.90 Å². The molecule has 9 heteroatoms. The molecule has 0 spiro atoms. The highest BCUT2D eigenvalue weighted by atomic mass is 79.9. The number of para-hydroxylation sites is 1. The van der Waals surface area contributed by atoms with Crippen molar-refractivity contribution in [2.24, 2.45) is 4.99 Å². The number of halogens is 3. The molecule has 0 bridgehead atoms. The van der Waals surface area contributed by atoms with Crippen molar-refractivity contribution < 1.29 is 17.2 Å². The quantitative estimate of drug-likeness (QED) is 0.677. The fraction of sp³-hybridized carbons (Fsp3) is 0.278. The van der Waals surface area contributed by atoms with Gasteiger partial charge in [0, 0.05) is 10.2 Å². The molecule has 2 heterocycles. The summed E-state index contributed by atoms with van der Waals surface area (Å²) in [6, 6.07) is 10.2. The van der Waals surface area contributed by atoms with Crippen molar-refractivity contribution in [1.29, 1.82) is 0 Å². The van der Waals surface area contributed by atoms with E-state index in [1.165, 1.54) is 23.9 Å². The summed E-state index contributed by atoms with van der Waals surface area (Å²) in [6.07, 6.45) is 0. The summed E-state index contributed by atoms with van der Waals surface area (Å²) in [6.45, 7) is 0. The standard InChI is InChI=1S/C18H15BrF2N2O2S2/c19-12-6-5-11(14(21)7-12)8-26-18-22-15-9-27(24,25)10-17(15)23(18)16-4-2-1-3-13(16)20/h1-7,15,17H,8-10H2/t15-,17-/m1/s1. The van der Waals surface area contributed by atoms with Crippen molar-refractivity contribution >= 4 is 48.4 Å². The number of nitrogens with zero attached hydrogens (tertiary/aromatic N) is 2. The van der Waals surface area contributed by atoms with Gasteiger partial charge in [-0.15, -0.1) is 0 Å². The minimum atomic E-state index is -3.21. The van der Waals surface area contributed by atoms with Crippen LogP contribution in [0, 0.1) is 11.6 Å². The first kappa shape index (κ1) is 18.9. The maximum atomic E-state index is 14.4. The SMILES string of the molecule is O=S1(=O)C[C@@H]2[C@@H](C1)N=C(SCc1ccc(Br)cc1F)N2c1ccccc1F. The van der Waals surface area contributed by atoms with Crippen LogP contribution in [-0.2, 0) is 15.6 Å². The lowest BCUT2D eigenvalue weighted by Crippen LogP contribution is -2.39. The zero-order valence-electron chi connectivity index (χ0n) is 14.0. The molecule has 0 saturated carbocycles. The summed E-state index contributed by atoms with van der Waals surface area (Å²) in [4.78, 5) is 6.19. The number of thioether (sulfide) groups is 1. The second-order valence-corrected chi connectivity index (χ2v) is 10.5. The van der Waals surface area contributed by atoms with Crippen LogP contribution in [0.25, 0.3) is 0 Å². The van der Waals surface area contributed by atoms with Crippen LogP contribution in [0.1, 0.15) is 5.56 Å². The molecule has 4 rings (SSSR count). The molecule has 0 aromatic heterocycles. The molecule has 0 radical (unpaired) electrons. The van der Waals surface area contributed by atoms with Crippen LogP contribution in [0.2, 0.25) is 0 Å². The second-order valence-electron chi connectivity index (χ2n) is 6.47. The first-order valence-corrected chi connectivity index (χ1v) is 11.8. The summed E-state index contributed by atoms with van der Waals surface area (Å²) in [5, 5.41) is 0.521. The Hall–Kier alpha value is -1.45. The van der Waals surface area contributed by atoms with E-state index in [0.29, 0.717) is 26.6 Å². The fourth-order valence-electron chi connectivity index (χ4n) is 3.34. The minimum Gasteiger partial charge on any atom is -0.312 e. The van der Waals surface area contributed by atoms with Gasteiger partial charge < -0.3 is 4.90 Å². The summed E-state index contributed by atoms with van der Waals surface area (Å²) >= 11 is 4.51. The van der Waals surface area contributed by atoms with E-state index in [2.05, 4.69) is 20.9 Å². The number of rotatable bonds is 3. The largest absolute Gasteiger partial charge is 0.312 e. The zero-order chi connectivity index (χ0) is 19.2. The molecular weight excluding hydrogens is 458 g/mol. The van der Waals surface area contributed by atoms with Crippen LogP contribution >= 0.6 is 27.7 Å². The molecule has 1 fully saturated rings. The highest BCUT2D eigenvalue weighted by Crippen LogP contribution is 2.37. The molecule has 27 heavy (non-hydrogen) atoms. The van der Waals surface area contributed by atoms with E-state index in [1.807, 2.05) is 0 Å². The number of sulfone groups is 1. The van der Waals surface area contributed by atoms with Crippen LogP contribution in [0.3, 0.4) is 0 Å². The van der Waals surface area contributed by atoms with Gasteiger partial charge in [0.05, 0.1) is 29.3 Å². The maximum absolute atomic E-state index is 14.4. The smallest absolute Gasteiger partial charge is 0.164 e.